The fourth-order valence-corrected chi connectivity index (χ4v) is 2.44. The van der Waals surface area contributed by atoms with Crippen molar-refractivity contribution in [2.24, 2.45) is 5.73 Å². The third kappa shape index (κ3) is 2.24. The molecule has 1 saturated heterocycles. The topological polar surface area (TPSA) is 72.4 Å². The van der Waals surface area contributed by atoms with Gasteiger partial charge in [-0.15, -0.1) is 0 Å². The second-order valence-electron chi connectivity index (χ2n) is 4.45. The maximum Gasteiger partial charge on any atom is 0.272 e. The van der Waals surface area contributed by atoms with Crippen LogP contribution in [0, 0.1) is 17.0 Å². The molecular formula is C12H17N3O2. The predicted molar refractivity (Wildman–Crippen MR) is 67.3 cm³/mol. The summed E-state index contributed by atoms with van der Waals surface area (Å²) in [4.78, 5) is 12.6. The summed E-state index contributed by atoms with van der Waals surface area (Å²) in [7, 11) is 0. The van der Waals surface area contributed by atoms with Crippen LogP contribution in [0.1, 0.15) is 18.4 Å². The van der Waals surface area contributed by atoms with E-state index in [1.165, 1.54) is 0 Å². The zero-order valence-corrected chi connectivity index (χ0v) is 9.93. The van der Waals surface area contributed by atoms with E-state index in [-0.39, 0.29) is 10.6 Å². The Balaban J connectivity index is 2.28. The van der Waals surface area contributed by atoms with Gasteiger partial charge in [0.05, 0.1) is 4.92 Å². The Bertz CT molecular complexity index is 434. The number of anilines is 1. The van der Waals surface area contributed by atoms with Gasteiger partial charge < -0.3 is 10.6 Å². The lowest BCUT2D eigenvalue weighted by Gasteiger charge is -2.25. The minimum absolute atomic E-state index is 0.178. The number of hydrogen-bond acceptors (Lipinski definition) is 4. The Kier molecular flexibility index (Phi) is 3.28. The highest BCUT2D eigenvalue weighted by molar-refractivity contribution is 5.56. The summed E-state index contributed by atoms with van der Waals surface area (Å²) < 4.78 is 0. The van der Waals surface area contributed by atoms with Gasteiger partial charge in [-0.1, -0.05) is 0 Å². The minimum Gasteiger partial charge on any atom is -0.367 e. The molecule has 5 heteroatoms. The van der Waals surface area contributed by atoms with E-state index < -0.39 is 0 Å². The monoisotopic (exact) mass is 235 g/mol. The normalized spacial score (nSPS) is 19.6. The molecule has 1 heterocycles. The van der Waals surface area contributed by atoms with Crippen molar-refractivity contribution >= 4 is 11.4 Å². The summed E-state index contributed by atoms with van der Waals surface area (Å²) in [5.41, 5.74) is 7.65. The van der Waals surface area contributed by atoms with Crippen LogP contribution in [0.4, 0.5) is 11.4 Å². The molecule has 1 aliphatic heterocycles. The van der Waals surface area contributed by atoms with E-state index in [0.29, 0.717) is 18.2 Å². The van der Waals surface area contributed by atoms with Crippen LogP contribution < -0.4 is 10.6 Å². The predicted octanol–water partition coefficient (Wildman–Crippen LogP) is 1.83. The minimum atomic E-state index is -0.344. The van der Waals surface area contributed by atoms with Crippen molar-refractivity contribution in [2.45, 2.75) is 25.8 Å². The highest BCUT2D eigenvalue weighted by Crippen LogP contribution is 2.29. The molecule has 0 saturated carbocycles. The Morgan fingerprint density at radius 3 is 2.94 bits per heavy atom. The molecular weight excluding hydrogens is 218 g/mol. The lowest BCUT2D eigenvalue weighted by molar-refractivity contribution is -0.385. The Morgan fingerprint density at radius 2 is 2.35 bits per heavy atom. The highest BCUT2D eigenvalue weighted by Gasteiger charge is 2.24. The van der Waals surface area contributed by atoms with Crippen molar-refractivity contribution in [2.75, 3.05) is 18.0 Å². The molecule has 1 aliphatic rings. The third-order valence-corrected chi connectivity index (χ3v) is 3.36. The Hall–Kier alpha value is -1.62. The largest absolute Gasteiger partial charge is 0.367 e. The fraction of sp³-hybridized carbons (Fsp3) is 0.500. The summed E-state index contributed by atoms with van der Waals surface area (Å²) in [6.07, 6.45) is 2.24. The van der Waals surface area contributed by atoms with E-state index in [0.717, 1.165) is 25.1 Å². The number of hydrogen-bond donors (Lipinski definition) is 1. The lowest BCUT2D eigenvalue weighted by Crippen LogP contribution is -2.35. The number of aryl methyl sites for hydroxylation is 1. The van der Waals surface area contributed by atoms with E-state index in [4.69, 9.17) is 5.73 Å². The molecule has 1 aromatic carbocycles. The number of rotatable bonds is 3. The molecule has 2 N–H and O–H groups in total. The number of nitro benzene ring substituents is 1. The van der Waals surface area contributed by atoms with E-state index in [1.807, 2.05) is 12.1 Å². The Labute approximate surface area is 100 Å². The molecule has 0 bridgehead atoms. The molecule has 17 heavy (non-hydrogen) atoms. The van der Waals surface area contributed by atoms with Gasteiger partial charge >= 0.3 is 0 Å². The summed E-state index contributed by atoms with van der Waals surface area (Å²) in [6, 6.07) is 5.65. The van der Waals surface area contributed by atoms with Crippen LogP contribution in [0.5, 0.6) is 0 Å². The van der Waals surface area contributed by atoms with E-state index >= 15 is 0 Å². The summed E-state index contributed by atoms with van der Waals surface area (Å²) in [5, 5.41) is 10.7. The molecule has 0 aliphatic carbocycles. The summed E-state index contributed by atoms with van der Waals surface area (Å²) in [5.74, 6) is 0. The molecule has 1 fully saturated rings. The van der Waals surface area contributed by atoms with Crippen molar-refractivity contribution in [1.29, 1.82) is 0 Å². The molecule has 1 aromatic rings. The van der Waals surface area contributed by atoms with Crippen molar-refractivity contribution in [3.8, 4) is 0 Å². The standard InChI is InChI=1S/C12H17N3O2/c1-9-7-10(4-5-12(9)15(16)17)14-6-2-3-11(14)8-13/h4-5,7,11H,2-3,6,8,13H2,1H3/t11-/m1/s1. The van der Waals surface area contributed by atoms with Crippen LogP contribution in [0.15, 0.2) is 18.2 Å². The van der Waals surface area contributed by atoms with Gasteiger partial charge in [-0.25, -0.2) is 0 Å². The molecule has 0 radical (unpaired) electrons. The zero-order valence-electron chi connectivity index (χ0n) is 9.93. The second kappa shape index (κ2) is 4.71. The fourth-order valence-electron chi connectivity index (χ4n) is 2.44. The third-order valence-electron chi connectivity index (χ3n) is 3.36. The van der Waals surface area contributed by atoms with Crippen LogP contribution in [-0.4, -0.2) is 24.1 Å². The van der Waals surface area contributed by atoms with Gasteiger partial charge in [0, 0.05) is 36.4 Å². The molecule has 0 aromatic heterocycles. The quantitative estimate of drug-likeness (QED) is 0.640. The smallest absolute Gasteiger partial charge is 0.272 e. The van der Waals surface area contributed by atoms with Crippen LogP contribution in [0.2, 0.25) is 0 Å². The second-order valence-corrected chi connectivity index (χ2v) is 4.45. The first kappa shape index (κ1) is 11.9. The molecule has 2 rings (SSSR count). The number of nitro groups is 1. The van der Waals surface area contributed by atoms with E-state index in [1.54, 1.807) is 13.0 Å². The van der Waals surface area contributed by atoms with Gasteiger partial charge in [0.25, 0.3) is 5.69 Å². The molecule has 92 valence electrons. The van der Waals surface area contributed by atoms with E-state index in [9.17, 15) is 10.1 Å². The van der Waals surface area contributed by atoms with Crippen LogP contribution in [0.3, 0.4) is 0 Å². The first-order valence-corrected chi connectivity index (χ1v) is 5.85. The van der Waals surface area contributed by atoms with Gasteiger partial charge in [-0.3, -0.25) is 10.1 Å². The number of nitrogens with two attached hydrogens (primary N) is 1. The van der Waals surface area contributed by atoms with Gasteiger partial charge in [0.2, 0.25) is 0 Å². The molecule has 1 atom stereocenters. The van der Waals surface area contributed by atoms with Crippen molar-refractivity contribution in [1.82, 2.24) is 0 Å². The summed E-state index contributed by atoms with van der Waals surface area (Å²) in [6.45, 7) is 3.39. The average Bonchev–Trinajstić information content (AvgIpc) is 2.76. The van der Waals surface area contributed by atoms with Gasteiger partial charge in [0.1, 0.15) is 0 Å². The lowest BCUT2D eigenvalue weighted by atomic mass is 10.1. The molecule has 0 unspecified atom stereocenters. The van der Waals surface area contributed by atoms with Crippen molar-refractivity contribution in [3.63, 3.8) is 0 Å². The SMILES string of the molecule is Cc1cc(N2CCC[C@@H]2CN)ccc1[N+](=O)[O-]. The number of benzene rings is 1. The maximum absolute atomic E-state index is 10.7. The van der Waals surface area contributed by atoms with Crippen molar-refractivity contribution < 1.29 is 4.92 Å². The first-order chi connectivity index (χ1) is 8.13. The molecule has 0 amide bonds. The molecule has 0 spiro atoms. The van der Waals surface area contributed by atoms with Gasteiger partial charge in [-0.2, -0.15) is 0 Å². The van der Waals surface area contributed by atoms with Gasteiger partial charge in [-0.05, 0) is 31.9 Å². The van der Waals surface area contributed by atoms with Gasteiger partial charge in [0.15, 0.2) is 0 Å². The van der Waals surface area contributed by atoms with Crippen LogP contribution in [0.25, 0.3) is 0 Å². The van der Waals surface area contributed by atoms with Crippen LogP contribution in [-0.2, 0) is 0 Å². The van der Waals surface area contributed by atoms with Crippen LogP contribution >= 0.6 is 0 Å². The Morgan fingerprint density at radius 1 is 1.59 bits per heavy atom. The van der Waals surface area contributed by atoms with E-state index in [2.05, 4.69) is 4.90 Å². The highest BCUT2D eigenvalue weighted by atomic mass is 16.6. The first-order valence-electron chi connectivity index (χ1n) is 5.85. The maximum atomic E-state index is 10.7. The van der Waals surface area contributed by atoms with Crippen molar-refractivity contribution in [3.05, 3.63) is 33.9 Å². The molecule has 5 nitrogen and oxygen atoms in total. The zero-order chi connectivity index (χ0) is 12.4. The average molecular weight is 235 g/mol. The number of nitrogens with zero attached hydrogens (tertiary/aromatic N) is 2. The summed E-state index contributed by atoms with van der Waals surface area (Å²) >= 11 is 0.